The van der Waals surface area contributed by atoms with Crippen molar-refractivity contribution in [1.82, 2.24) is 0 Å². The van der Waals surface area contributed by atoms with Crippen molar-refractivity contribution in [2.24, 2.45) is 0 Å². The molecule has 0 spiro atoms. The van der Waals surface area contributed by atoms with Crippen molar-refractivity contribution in [2.75, 3.05) is 47.5 Å². The summed E-state index contributed by atoms with van der Waals surface area (Å²) in [4.78, 5) is 35.5. The maximum Gasteiger partial charge on any atom is 0.472 e. The van der Waals surface area contributed by atoms with E-state index in [1.54, 1.807) is 0 Å². The average molecular weight is 875 g/mol. The lowest BCUT2D eigenvalue weighted by Crippen LogP contribution is -2.37. The van der Waals surface area contributed by atoms with E-state index in [4.69, 9.17) is 23.3 Å². The zero-order chi connectivity index (χ0) is 44.7. The Labute approximate surface area is 371 Å². The molecular weight excluding hydrogens is 790 g/mol. The Balaban J connectivity index is 2.35. The summed E-state index contributed by atoms with van der Waals surface area (Å²) < 4.78 is 40.1. The zero-order valence-electron chi connectivity index (χ0n) is 38.8. The van der Waals surface area contributed by atoms with Gasteiger partial charge in [0.05, 0.1) is 40.0 Å². The molecule has 10 nitrogen and oxygen atoms in total. The second kappa shape index (κ2) is 37.7. The highest BCUT2D eigenvalue weighted by Crippen LogP contribution is 2.43. The number of rotatable bonds is 40. The molecule has 0 bridgehead atoms. The topological polar surface area (TPSA) is 121 Å². The summed E-state index contributed by atoms with van der Waals surface area (Å²) in [5, 5.41) is 0. The first kappa shape index (κ1) is 56.2. The summed E-state index contributed by atoms with van der Waals surface area (Å²) in [6, 6.07) is 0. The summed E-state index contributed by atoms with van der Waals surface area (Å²) >= 11 is 0. The number of ether oxygens (including phenoxy) is 3. The number of phosphoric ester groups is 1. The largest absolute Gasteiger partial charge is 0.472 e. The van der Waals surface area contributed by atoms with E-state index in [0.717, 1.165) is 64.2 Å². The predicted octanol–water partition coefficient (Wildman–Crippen LogP) is 12.6. The van der Waals surface area contributed by atoms with Crippen molar-refractivity contribution in [2.45, 2.75) is 173 Å². The molecule has 0 saturated carbocycles. The smallest absolute Gasteiger partial charge is 0.462 e. The number of quaternary nitrogens is 1. The Morgan fingerprint density at radius 3 is 1.59 bits per heavy atom. The Kier molecular flexibility index (Phi) is 34.7. The molecule has 0 aromatic carbocycles. The molecule has 1 rings (SSSR count). The molecule has 0 aliphatic carbocycles. The van der Waals surface area contributed by atoms with Crippen molar-refractivity contribution in [3.8, 4) is 0 Å². The molecule has 0 radical (unpaired) electrons. The maximum absolute atomic E-state index is 12.7. The van der Waals surface area contributed by atoms with Gasteiger partial charge in [0.2, 0.25) is 0 Å². The number of unbranched alkanes of at least 4 members (excludes halogenated alkanes) is 10. The molecule has 1 aliphatic heterocycles. The fourth-order valence-corrected chi connectivity index (χ4v) is 6.71. The molecule has 0 aromatic rings. The van der Waals surface area contributed by atoms with Gasteiger partial charge in [-0.2, -0.15) is 0 Å². The lowest BCUT2D eigenvalue weighted by atomic mass is 10.1. The molecule has 61 heavy (non-hydrogen) atoms. The van der Waals surface area contributed by atoms with Crippen LogP contribution in [-0.4, -0.2) is 87.1 Å². The number of nitrogens with zero attached hydrogens (tertiary/aromatic N) is 1. The number of hydrogen-bond donors (Lipinski definition) is 1. The highest BCUT2D eigenvalue weighted by molar-refractivity contribution is 7.47. The van der Waals surface area contributed by atoms with Crippen LogP contribution in [0.1, 0.15) is 155 Å². The van der Waals surface area contributed by atoms with Gasteiger partial charge in [-0.15, -0.1) is 0 Å². The molecule has 3 unspecified atom stereocenters. The summed E-state index contributed by atoms with van der Waals surface area (Å²) in [6.45, 7) is 4.23. The van der Waals surface area contributed by atoms with Crippen molar-refractivity contribution in [3.63, 3.8) is 0 Å². The first-order chi connectivity index (χ1) is 29.5. The van der Waals surface area contributed by atoms with Gasteiger partial charge in [0.25, 0.3) is 0 Å². The Morgan fingerprint density at radius 2 is 1.05 bits per heavy atom. The van der Waals surface area contributed by atoms with Gasteiger partial charge in [-0.05, 0) is 96.3 Å². The van der Waals surface area contributed by atoms with Gasteiger partial charge >= 0.3 is 19.8 Å². The van der Waals surface area contributed by atoms with Crippen molar-refractivity contribution in [1.29, 1.82) is 0 Å². The molecule has 1 saturated heterocycles. The number of esters is 2. The first-order valence-corrected chi connectivity index (χ1v) is 24.9. The van der Waals surface area contributed by atoms with Crippen molar-refractivity contribution in [3.05, 3.63) is 85.1 Å². The Morgan fingerprint density at radius 1 is 0.590 bits per heavy atom. The highest BCUT2D eigenvalue weighted by Gasteiger charge is 2.36. The predicted molar refractivity (Wildman–Crippen MR) is 251 cm³/mol. The summed E-state index contributed by atoms with van der Waals surface area (Å²) in [5.74, 6) is -0.916. The molecule has 0 amide bonds. The molecule has 1 fully saturated rings. The van der Waals surface area contributed by atoms with E-state index in [1.807, 2.05) is 27.2 Å². The van der Waals surface area contributed by atoms with E-state index in [-0.39, 0.29) is 38.3 Å². The van der Waals surface area contributed by atoms with E-state index >= 15 is 0 Å². The van der Waals surface area contributed by atoms with Gasteiger partial charge in [-0.3, -0.25) is 18.6 Å². The van der Waals surface area contributed by atoms with Gasteiger partial charge < -0.3 is 23.6 Å². The van der Waals surface area contributed by atoms with E-state index < -0.39 is 32.5 Å². The Bertz CT molecular complexity index is 1380. The molecular formula is C50H85NO9P+. The minimum Gasteiger partial charge on any atom is -0.462 e. The SMILES string of the molecule is CCCCC/C=C\C/C=C\C/C=C\C/C=C\CCCCCC(=O)OC[C@H](COP(=O)(O)OCC[N+](C)(C)C)OC(=O)CCC/C=C\CC1OC1C/C=C\C/C=C\CCCCC. The number of carbonyl (C=O) groups is 2. The third kappa shape index (κ3) is 38.5. The van der Waals surface area contributed by atoms with Crippen LogP contribution in [0.5, 0.6) is 0 Å². The van der Waals surface area contributed by atoms with E-state index in [0.29, 0.717) is 30.3 Å². The van der Waals surface area contributed by atoms with Crippen molar-refractivity contribution >= 4 is 19.8 Å². The van der Waals surface area contributed by atoms with Gasteiger partial charge in [0, 0.05) is 12.8 Å². The van der Waals surface area contributed by atoms with Crippen LogP contribution in [0.2, 0.25) is 0 Å². The third-order valence-electron chi connectivity index (χ3n) is 9.80. The summed E-state index contributed by atoms with van der Waals surface area (Å²) in [5.41, 5.74) is 0. The number of carbonyl (C=O) groups excluding carboxylic acids is 2. The first-order valence-electron chi connectivity index (χ1n) is 23.4. The van der Waals surface area contributed by atoms with Crippen LogP contribution in [0.25, 0.3) is 0 Å². The van der Waals surface area contributed by atoms with Crippen LogP contribution in [0.15, 0.2) is 85.1 Å². The van der Waals surface area contributed by atoms with E-state index in [2.05, 4.69) is 92.8 Å². The molecule has 1 N–H and O–H groups in total. The average Bonchev–Trinajstić information content (AvgIpc) is 3.97. The molecule has 1 aliphatic rings. The Hall–Kier alpha value is -2.85. The number of phosphoric acid groups is 1. The van der Waals surface area contributed by atoms with Crippen LogP contribution < -0.4 is 0 Å². The molecule has 4 atom stereocenters. The van der Waals surface area contributed by atoms with Crippen LogP contribution in [-0.2, 0) is 37.4 Å². The number of epoxide rings is 1. The van der Waals surface area contributed by atoms with E-state index in [9.17, 15) is 19.0 Å². The normalized spacial score (nSPS) is 17.6. The molecule has 1 heterocycles. The second-order valence-corrected chi connectivity index (χ2v) is 18.3. The fraction of sp³-hybridized carbons (Fsp3) is 0.680. The van der Waals surface area contributed by atoms with Crippen LogP contribution in [0.4, 0.5) is 0 Å². The number of hydrogen-bond acceptors (Lipinski definition) is 8. The van der Waals surface area contributed by atoms with Crippen molar-refractivity contribution < 1.29 is 46.8 Å². The van der Waals surface area contributed by atoms with Crippen LogP contribution >= 0.6 is 7.82 Å². The summed E-state index contributed by atoms with van der Waals surface area (Å²) in [7, 11) is 1.40. The number of likely N-dealkylation sites (N-methyl/N-ethyl adjacent to an activating group) is 1. The lowest BCUT2D eigenvalue weighted by molar-refractivity contribution is -0.870. The molecule has 348 valence electrons. The van der Waals surface area contributed by atoms with Crippen LogP contribution in [0.3, 0.4) is 0 Å². The lowest BCUT2D eigenvalue weighted by Gasteiger charge is -2.24. The second-order valence-electron chi connectivity index (χ2n) is 16.8. The maximum atomic E-state index is 12.7. The van der Waals surface area contributed by atoms with Gasteiger partial charge in [-0.25, -0.2) is 4.57 Å². The van der Waals surface area contributed by atoms with Crippen LogP contribution in [0, 0.1) is 0 Å². The minimum atomic E-state index is -4.41. The summed E-state index contributed by atoms with van der Waals surface area (Å²) in [6.07, 6.45) is 50.9. The monoisotopic (exact) mass is 875 g/mol. The van der Waals surface area contributed by atoms with Gasteiger partial charge in [0.1, 0.15) is 19.8 Å². The third-order valence-corrected chi connectivity index (χ3v) is 10.8. The van der Waals surface area contributed by atoms with E-state index in [1.165, 1.54) is 44.9 Å². The number of allylic oxidation sites excluding steroid dienone is 12. The molecule has 0 aromatic heterocycles. The van der Waals surface area contributed by atoms with Gasteiger partial charge in [0.15, 0.2) is 6.10 Å². The van der Waals surface area contributed by atoms with Gasteiger partial charge in [-0.1, -0.05) is 131 Å². The zero-order valence-corrected chi connectivity index (χ0v) is 39.7. The fourth-order valence-electron chi connectivity index (χ4n) is 5.97. The molecule has 11 heteroatoms. The standard InChI is InChI=1S/C50H84NO9P/c1-6-8-10-12-14-16-17-18-19-20-21-22-23-24-25-27-29-31-36-40-49(52)56-44-46(45-58-61(54,55)57-43-42-51(3,4)5)59-50(53)41-37-33-32-35-39-48-47(60-48)38-34-30-28-26-15-13-11-9-7-2/h14-16,18-19,21-22,24-26,30,32,34-35,46-48H,6-13,17,20,23,27-29,31,33,36-45H2,1-5H3/p+1/b16-14-,19-18-,22-21-,25-24-,26-15-,34-30-,35-32-/t46-,47?,48?/m1/s1. The highest BCUT2D eigenvalue weighted by atomic mass is 31.2. The minimum absolute atomic E-state index is 0.00828. The quantitative estimate of drug-likeness (QED) is 0.0160.